The molecule has 0 aromatic carbocycles. The number of carbonyl (C=O) groups is 1. The van der Waals surface area contributed by atoms with Crippen LogP contribution in [0.2, 0.25) is 0 Å². The summed E-state index contributed by atoms with van der Waals surface area (Å²) in [4.78, 5) is 9.68. The fourth-order valence-electron chi connectivity index (χ4n) is 0.297. The molecule has 0 bridgehead atoms. The predicted octanol–water partition coefficient (Wildman–Crippen LogP) is 0.161. The second-order valence-corrected chi connectivity index (χ2v) is 1.28. The van der Waals surface area contributed by atoms with Gasteiger partial charge in [0.2, 0.25) is 0 Å². The van der Waals surface area contributed by atoms with Crippen molar-refractivity contribution in [2.24, 2.45) is 0 Å². The lowest BCUT2D eigenvalue weighted by atomic mass is 10.4. The fraction of sp³-hybridized carbons (Fsp3) is 0.143. The van der Waals surface area contributed by atoms with Crippen molar-refractivity contribution in [2.75, 3.05) is 0 Å². The van der Waals surface area contributed by atoms with Crippen molar-refractivity contribution in [3.63, 3.8) is 0 Å². The van der Waals surface area contributed by atoms with E-state index in [0.29, 0.717) is 12.7 Å². The van der Waals surface area contributed by atoms with Crippen LogP contribution in [-0.4, -0.2) is 6.29 Å². The zero-order chi connectivity index (χ0) is 6.95. The molecule has 48 valence electrons. The Balaban J connectivity index is 3.46. The smallest absolute Gasteiger partial charge is 0.123 e. The van der Waals surface area contributed by atoms with E-state index in [2.05, 4.69) is 5.73 Å². The van der Waals surface area contributed by atoms with Crippen LogP contribution in [0.1, 0.15) is 6.42 Å². The van der Waals surface area contributed by atoms with Gasteiger partial charge < -0.3 is 9.90 Å². The van der Waals surface area contributed by atoms with Crippen LogP contribution in [0.15, 0.2) is 30.2 Å². The Morgan fingerprint density at radius 3 is 2.89 bits per heavy atom. The summed E-state index contributed by atoms with van der Waals surface area (Å²) in [5.41, 5.74) is 2.30. The van der Waals surface area contributed by atoms with E-state index >= 15 is 0 Å². The van der Waals surface area contributed by atoms with E-state index in [0.717, 1.165) is 6.29 Å². The summed E-state index contributed by atoms with van der Waals surface area (Å²) < 4.78 is 0. The van der Waals surface area contributed by atoms with E-state index in [1.54, 1.807) is 12.2 Å². The van der Waals surface area contributed by atoms with Gasteiger partial charge in [0.15, 0.2) is 0 Å². The van der Waals surface area contributed by atoms with Gasteiger partial charge in [0, 0.05) is 6.42 Å². The van der Waals surface area contributed by atoms with E-state index in [1.165, 1.54) is 6.08 Å². The van der Waals surface area contributed by atoms with Gasteiger partial charge in [-0.3, -0.25) is 0 Å². The molecular formula is C7H7O2-. The van der Waals surface area contributed by atoms with Gasteiger partial charge in [-0.25, -0.2) is 0 Å². The molecule has 0 saturated carbocycles. The van der Waals surface area contributed by atoms with E-state index in [9.17, 15) is 9.90 Å². The fourth-order valence-corrected chi connectivity index (χ4v) is 0.297. The van der Waals surface area contributed by atoms with E-state index in [1.807, 2.05) is 0 Å². The lowest BCUT2D eigenvalue weighted by Gasteiger charge is -1.75. The molecule has 0 aromatic heterocycles. The molecule has 0 heterocycles. The van der Waals surface area contributed by atoms with Crippen LogP contribution in [0, 0.1) is 0 Å². The van der Waals surface area contributed by atoms with E-state index in [4.69, 9.17) is 0 Å². The maximum atomic E-state index is 9.68. The third-order valence-corrected chi connectivity index (χ3v) is 0.629. The molecule has 0 radical (unpaired) electrons. The van der Waals surface area contributed by atoms with Crippen molar-refractivity contribution >= 4 is 6.29 Å². The summed E-state index contributed by atoms with van der Waals surface area (Å²) in [7, 11) is 0. The van der Waals surface area contributed by atoms with Gasteiger partial charge in [0.1, 0.15) is 6.29 Å². The normalized spacial score (nSPS) is 8.44. The maximum absolute atomic E-state index is 9.68. The highest BCUT2D eigenvalue weighted by atomic mass is 16.2. The van der Waals surface area contributed by atoms with Crippen molar-refractivity contribution in [1.82, 2.24) is 0 Å². The summed E-state index contributed by atoms with van der Waals surface area (Å²) in [6.07, 6.45) is 6.43. The van der Waals surface area contributed by atoms with Crippen LogP contribution in [0.25, 0.3) is 0 Å². The zero-order valence-electron chi connectivity index (χ0n) is 4.91. The average molecular weight is 123 g/mol. The molecule has 0 saturated heterocycles. The third kappa shape index (κ3) is 6.73. The molecular weight excluding hydrogens is 116 g/mol. The molecule has 2 heteroatoms. The molecule has 0 aliphatic carbocycles. The maximum Gasteiger partial charge on any atom is 0.123 e. The van der Waals surface area contributed by atoms with Gasteiger partial charge in [0.05, 0.1) is 0 Å². The van der Waals surface area contributed by atoms with Gasteiger partial charge in [-0.15, -0.1) is 12.0 Å². The second-order valence-electron chi connectivity index (χ2n) is 1.28. The molecule has 0 spiro atoms. The molecule has 2 nitrogen and oxygen atoms in total. The molecule has 0 atom stereocenters. The minimum absolute atomic E-state index is 0.386. The van der Waals surface area contributed by atoms with Crippen molar-refractivity contribution in [2.45, 2.75) is 6.42 Å². The van der Waals surface area contributed by atoms with E-state index in [-0.39, 0.29) is 0 Å². The number of aldehydes is 1. The Kier molecular flexibility index (Phi) is 5.78. The topological polar surface area (TPSA) is 40.1 Å². The number of allylic oxidation sites excluding steroid dienone is 3. The molecule has 0 aromatic rings. The molecule has 0 unspecified atom stereocenters. The monoisotopic (exact) mass is 123 g/mol. The number of hydrogen-bond acceptors (Lipinski definition) is 2. The summed E-state index contributed by atoms with van der Waals surface area (Å²) >= 11 is 0. The van der Waals surface area contributed by atoms with Crippen LogP contribution in [0.4, 0.5) is 0 Å². The summed E-state index contributed by atoms with van der Waals surface area (Å²) in [5, 5.41) is 9.59. The lowest BCUT2D eigenvalue weighted by molar-refractivity contribution is -0.274. The Morgan fingerprint density at radius 1 is 1.56 bits per heavy atom. The molecule has 0 amide bonds. The molecule has 0 aliphatic rings. The Bertz CT molecular complexity index is 150. The van der Waals surface area contributed by atoms with Gasteiger partial charge >= 0.3 is 0 Å². The van der Waals surface area contributed by atoms with Gasteiger partial charge in [0.25, 0.3) is 0 Å². The highest BCUT2D eigenvalue weighted by Crippen LogP contribution is 1.76. The lowest BCUT2D eigenvalue weighted by Crippen LogP contribution is -1.80. The van der Waals surface area contributed by atoms with E-state index < -0.39 is 0 Å². The SMILES string of the molecule is O=CCC=CC=C=C[O-]. The summed E-state index contributed by atoms with van der Waals surface area (Å²) in [6, 6.07) is 0. The predicted molar refractivity (Wildman–Crippen MR) is 32.5 cm³/mol. The minimum Gasteiger partial charge on any atom is -0.872 e. The number of carbonyl (C=O) groups excluding carboxylic acids is 1. The van der Waals surface area contributed by atoms with Crippen LogP contribution >= 0.6 is 0 Å². The molecule has 0 N–H and O–H groups in total. The van der Waals surface area contributed by atoms with Crippen LogP contribution in [0.5, 0.6) is 0 Å². The highest BCUT2D eigenvalue weighted by Gasteiger charge is 1.65. The van der Waals surface area contributed by atoms with Gasteiger partial charge in [-0.2, -0.15) is 0 Å². The Hall–Kier alpha value is -1.27. The second kappa shape index (κ2) is 6.73. The standard InChI is InChI=1S/C7H8O2/c8-6-4-2-1-3-5-7-9/h1-3,6-7,9H,4H2/p-1. The zero-order valence-corrected chi connectivity index (χ0v) is 4.91. The minimum atomic E-state index is 0.386. The quantitative estimate of drug-likeness (QED) is 0.232. The van der Waals surface area contributed by atoms with Crippen molar-refractivity contribution in [3.05, 3.63) is 30.2 Å². The van der Waals surface area contributed by atoms with Crippen molar-refractivity contribution in [1.29, 1.82) is 0 Å². The van der Waals surface area contributed by atoms with Crippen LogP contribution in [-0.2, 0) is 4.79 Å². The summed E-state index contributed by atoms with van der Waals surface area (Å²) in [5.74, 6) is 0. The first kappa shape index (κ1) is 7.73. The first-order valence-corrected chi connectivity index (χ1v) is 2.53. The Morgan fingerprint density at radius 2 is 2.33 bits per heavy atom. The van der Waals surface area contributed by atoms with Crippen molar-refractivity contribution < 1.29 is 9.90 Å². The van der Waals surface area contributed by atoms with Crippen molar-refractivity contribution in [3.8, 4) is 0 Å². The third-order valence-electron chi connectivity index (χ3n) is 0.629. The largest absolute Gasteiger partial charge is 0.872 e. The molecule has 0 fully saturated rings. The molecule has 0 rings (SSSR count). The first-order valence-electron chi connectivity index (χ1n) is 2.53. The van der Waals surface area contributed by atoms with Crippen LogP contribution < -0.4 is 5.11 Å². The number of rotatable bonds is 3. The average Bonchev–Trinajstić information content (AvgIpc) is 1.89. The van der Waals surface area contributed by atoms with Gasteiger partial charge in [-0.05, 0) is 6.08 Å². The van der Waals surface area contributed by atoms with Crippen LogP contribution in [0.3, 0.4) is 0 Å². The number of hydrogen-bond donors (Lipinski definition) is 0. The first-order chi connectivity index (χ1) is 4.41. The molecule has 0 aliphatic heterocycles. The highest BCUT2D eigenvalue weighted by molar-refractivity contribution is 5.51. The summed E-state index contributed by atoms with van der Waals surface area (Å²) in [6.45, 7) is 0. The molecule has 9 heavy (non-hydrogen) atoms. The Labute approximate surface area is 53.8 Å². The van der Waals surface area contributed by atoms with Gasteiger partial charge in [-0.1, -0.05) is 12.2 Å².